The van der Waals surface area contributed by atoms with Crippen LogP contribution in [0.3, 0.4) is 0 Å². The molecule has 0 amide bonds. The van der Waals surface area contributed by atoms with Gasteiger partial charge in [0.25, 0.3) is 0 Å². The Bertz CT molecular complexity index is 734. The van der Waals surface area contributed by atoms with Crippen LogP contribution in [0.25, 0.3) is 0 Å². The molecule has 0 aliphatic rings. The Morgan fingerprint density at radius 1 is 0.591 bits per heavy atom. The van der Waals surface area contributed by atoms with Crippen molar-refractivity contribution in [3.05, 3.63) is 94.5 Å². The predicted octanol–water partition coefficient (Wildman–Crippen LogP) is 5.28. The van der Waals surface area contributed by atoms with Gasteiger partial charge in [-0.2, -0.15) is 0 Å². The third kappa shape index (κ3) is 3.42. The van der Waals surface area contributed by atoms with Gasteiger partial charge in [0.1, 0.15) is 5.80 Å². The maximum atomic E-state index is 6.34. The molecule has 0 N–H and O–H groups in total. The van der Waals surface area contributed by atoms with Crippen LogP contribution in [0, 0.1) is 0 Å². The lowest BCUT2D eigenvalue weighted by Crippen LogP contribution is -2.08. The Morgan fingerprint density at radius 3 is 1.50 bits per heavy atom. The van der Waals surface area contributed by atoms with E-state index in [4.69, 9.17) is 23.2 Å². The average Bonchev–Trinajstić information content (AvgIpc) is 2.56. The molecule has 0 bridgehead atoms. The van der Waals surface area contributed by atoms with E-state index >= 15 is 0 Å². The van der Waals surface area contributed by atoms with Crippen molar-refractivity contribution in [3.63, 3.8) is 0 Å². The standard InChI is InChI=1S/C19H14Cl2P/c20-18-12-7-13-19(21)17(18)14-22(15-8-3-1-4-9-15)16-10-5-2-6-11-16/h1-14H/q+1. The zero-order chi connectivity index (χ0) is 15.4. The lowest BCUT2D eigenvalue weighted by Gasteiger charge is -2.01. The summed E-state index contributed by atoms with van der Waals surface area (Å²) in [7, 11) is -0.653. The molecule has 3 heteroatoms. The van der Waals surface area contributed by atoms with Crippen molar-refractivity contribution >= 4 is 47.2 Å². The van der Waals surface area contributed by atoms with E-state index in [1.165, 1.54) is 10.6 Å². The quantitative estimate of drug-likeness (QED) is 0.568. The zero-order valence-corrected chi connectivity index (χ0v) is 14.2. The first-order valence-electron chi connectivity index (χ1n) is 6.94. The molecule has 0 unspecified atom stereocenters. The molecular weight excluding hydrogens is 330 g/mol. The first kappa shape index (κ1) is 15.3. The van der Waals surface area contributed by atoms with Crippen LogP contribution in [0.5, 0.6) is 0 Å². The Kier molecular flexibility index (Phi) is 4.95. The van der Waals surface area contributed by atoms with Gasteiger partial charge < -0.3 is 0 Å². The molecule has 0 radical (unpaired) electrons. The highest BCUT2D eigenvalue weighted by atomic mass is 35.5. The largest absolute Gasteiger partial charge is 0.170 e. The predicted molar refractivity (Wildman–Crippen MR) is 101 cm³/mol. The van der Waals surface area contributed by atoms with Crippen LogP contribution < -0.4 is 10.6 Å². The zero-order valence-electron chi connectivity index (χ0n) is 11.8. The molecule has 3 rings (SSSR count). The summed E-state index contributed by atoms with van der Waals surface area (Å²) in [5.74, 6) is 2.20. The van der Waals surface area contributed by atoms with Crippen LogP contribution in [0.2, 0.25) is 10.0 Å². The second kappa shape index (κ2) is 7.11. The van der Waals surface area contributed by atoms with Crippen LogP contribution in [-0.2, 0) is 0 Å². The summed E-state index contributed by atoms with van der Waals surface area (Å²) in [4.78, 5) is 0. The number of benzene rings is 3. The highest BCUT2D eigenvalue weighted by Crippen LogP contribution is 2.29. The number of rotatable bonds is 3. The lowest BCUT2D eigenvalue weighted by atomic mass is 10.2. The number of halogens is 2. The molecule has 0 fully saturated rings. The molecule has 0 saturated heterocycles. The maximum absolute atomic E-state index is 6.34. The van der Waals surface area contributed by atoms with E-state index in [-0.39, 0.29) is 0 Å². The van der Waals surface area contributed by atoms with Gasteiger partial charge in [-0.25, -0.2) is 0 Å². The summed E-state index contributed by atoms with van der Waals surface area (Å²) in [5.41, 5.74) is 0.907. The fraction of sp³-hybridized carbons (Fsp3) is 0. The van der Waals surface area contributed by atoms with Gasteiger partial charge in [0, 0.05) is 0 Å². The fourth-order valence-corrected chi connectivity index (χ4v) is 5.02. The third-order valence-electron chi connectivity index (χ3n) is 3.33. The topological polar surface area (TPSA) is 0 Å². The summed E-state index contributed by atoms with van der Waals surface area (Å²) in [5, 5.41) is 3.93. The van der Waals surface area contributed by atoms with Gasteiger partial charge in [-0.15, -0.1) is 0 Å². The molecule has 3 aromatic carbocycles. The minimum absolute atomic E-state index is 0.653. The molecule has 0 heterocycles. The Morgan fingerprint density at radius 2 is 1.05 bits per heavy atom. The van der Waals surface area contributed by atoms with Crippen LogP contribution >= 0.6 is 30.7 Å². The van der Waals surface area contributed by atoms with Crippen molar-refractivity contribution < 1.29 is 0 Å². The van der Waals surface area contributed by atoms with Crippen LogP contribution in [0.4, 0.5) is 0 Å². The first-order valence-corrected chi connectivity index (χ1v) is 9.10. The molecule has 3 aromatic rings. The van der Waals surface area contributed by atoms with Crippen molar-refractivity contribution in [1.29, 1.82) is 0 Å². The van der Waals surface area contributed by atoms with E-state index < -0.39 is 7.55 Å². The van der Waals surface area contributed by atoms with Crippen molar-refractivity contribution in [2.24, 2.45) is 0 Å². The van der Waals surface area contributed by atoms with E-state index in [9.17, 15) is 0 Å². The van der Waals surface area contributed by atoms with Crippen LogP contribution in [-0.4, -0.2) is 5.80 Å². The summed E-state index contributed by atoms with van der Waals surface area (Å²) >= 11 is 12.7. The monoisotopic (exact) mass is 343 g/mol. The molecule has 0 spiro atoms. The second-order valence-electron chi connectivity index (χ2n) is 4.81. The summed E-state index contributed by atoms with van der Waals surface area (Å²) < 4.78 is 0. The normalized spacial score (nSPS) is 10.3. The van der Waals surface area contributed by atoms with Gasteiger partial charge in [0.2, 0.25) is 0 Å². The maximum Gasteiger partial charge on any atom is 0.170 e. The minimum Gasteiger partial charge on any atom is -0.0835 e. The minimum atomic E-state index is -0.653. The average molecular weight is 344 g/mol. The Balaban J connectivity index is 2.20. The number of hydrogen-bond donors (Lipinski definition) is 0. The van der Waals surface area contributed by atoms with Crippen LogP contribution in [0.1, 0.15) is 5.56 Å². The molecule has 0 aliphatic heterocycles. The van der Waals surface area contributed by atoms with Gasteiger partial charge >= 0.3 is 0 Å². The number of hydrogen-bond acceptors (Lipinski definition) is 0. The van der Waals surface area contributed by atoms with E-state index in [0.29, 0.717) is 10.0 Å². The Hall–Kier alpha value is -1.59. The molecule has 108 valence electrons. The summed E-state index contributed by atoms with van der Waals surface area (Å²) in [6, 6.07) is 26.6. The molecule has 22 heavy (non-hydrogen) atoms. The Labute approximate surface area is 141 Å². The molecule has 0 atom stereocenters. The van der Waals surface area contributed by atoms with Gasteiger partial charge in [0.15, 0.2) is 18.2 Å². The van der Waals surface area contributed by atoms with Gasteiger partial charge in [-0.05, 0) is 36.4 Å². The van der Waals surface area contributed by atoms with Crippen molar-refractivity contribution in [2.45, 2.75) is 0 Å². The molecule has 0 aliphatic carbocycles. The highest BCUT2D eigenvalue weighted by Gasteiger charge is 2.19. The van der Waals surface area contributed by atoms with Crippen molar-refractivity contribution in [1.82, 2.24) is 0 Å². The van der Waals surface area contributed by atoms with E-state index in [1.807, 2.05) is 30.3 Å². The van der Waals surface area contributed by atoms with E-state index in [0.717, 1.165) is 5.56 Å². The molecular formula is C19H14Cl2P+. The fourth-order valence-electron chi connectivity index (χ4n) is 2.24. The molecule has 0 aromatic heterocycles. The first-order chi connectivity index (χ1) is 10.8. The van der Waals surface area contributed by atoms with Crippen molar-refractivity contribution in [2.75, 3.05) is 0 Å². The highest BCUT2D eigenvalue weighted by molar-refractivity contribution is 7.72. The summed E-state index contributed by atoms with van der Waals surface area (Å²) in [6.45, 7) is 0. The SMILES string of the molecule is Clc1cccc(Cl)c1C=[P+](c1ccccc1)c1ccccc1. The summed E-state index contributed by atoms with van der Waals surface area (Å²) in [6.07, 6.45) is 0. The van der Waals surface area contributed by atoms with Gasteiger partial charge in [-0.3, -0.25) is 0 Å². The molecule has 0 nitrogen and oxygen atoms in total. The smallest absolute Gasteiger partial charge is 0.0835 e. The van der Waals surface area contributed by atoms with Crippen molar-refractivity contribution in [3.8, 4) is 0 Å². The van der Waals surface area contributed by atoms with Gasteiger partial charge in [0.05, 0.1) is 15.6 Å². The van der Waals surface area contributed by atoms with Gasteiger partial charge in [-0.1, -0.05) is 65.7 Å². The second-order valence-corrected chi connectivity index (χ2v) is 7.65. The van der Waals surface area contributed by atoms with E-state index in [2.05, 4.69) is 54.3 Å². The van der Waals surface area contributed by atoms with Crippen LogP contribution in [0.15, 0.2) is 78.9 Å². The molecule has 0 saturated carbocycles. The lowest BCUT2D eigenvalue weighted by molar-refractivity contribution is 1.68. The van der Waals surface area contributed by atoms with E-state index in [1.54, 1.807) is 0 Å². The third-order valence-corrected chi connectivity index (χ3v) is 6.21.